The molecule has 0 aliphatic carbocycles. The number of hydrogen-bond acceptors (Lipinski definition) is 4. The van der Waals surface area contributed by atoms with Crippen LogP contribution in [-0.4, -0.2) is 45.2 Å². The Morgan fingerprint density at radius 1 is 1.30 bits per heavy atom. The number of amides is 1. The summed E-state index contributed by atoms with van der Waals surface area (Å²) in [6.45, 7) is 1.04. The van der Waals surface area contributed by atoms with Gasteiger partial charge < -0.3 is 9.64 Å². The first-order chi connectivity index (χ1) is 13.1. The van der Waals surface area contributed by atoms with E-state index in [1.54, 1.807) is 35.4 Å². The second-order valence-electron chi connectivity index (χ2n) is 6.26. The minimum absolute atomic E-state index is 0.131. The van der Waals surface area contributed by atoms with E-state index in [1.807, 2.05) is 0 Å². The Morgan fingerprint density at radius 2 is 2.11 bits per heavy atom. The first-order valence-corrected chi connectivity index (χ1v) is 8.85. The molecular weight excluding hydrogens is 371 g/mol. The van der Waals surface area contributed by atoms with E-state index in [1.165, 1.54) is 18.3 Å². The number of halogens is 2. The summed E-state index contributed by atoms with van der Waals surface area (Å²) in [7, 11) is 0. The molecule has 0 saturated carbocycles. The zero-order valence-electron chi connectivity index (χ0n) is 14.2. The third kappa shape index (κ3) is 3.78. The van der Waals surface area contributed by atoms with Crippen molar-refractivity contribution >= 4 is 17.5 Å². The molecule has 1 atom stereocenters. The van der Waals surface area contributed by atoms with Crippen LogP contribution >= 0.6 is 11.6 Å². The summed E-state index contributed by atoms with van der Waals surface area (Å²) in [4.78, 5) is 18.3. The molecule has 1 aliphatic rings. The topological polar surface area (TPSA) is 71.1 Å². The van der Waals surface area contributed by atoms with Gasteiger partial charge in [0.2, 0.25) is 0 Å². The van der Waals surface area contributed by atoms with Crippen LogP contribution in [0.2, 0.25) is 5.02 Å². The number of carbonyl (C=O) groups excluding carboxylic acids is 1. The van der Waals surface area contributed by atoms with Crippen LogP contribution < -0.4 is 4.74 Å². The highest BCUT2D eigenvalue weighted by Gasteiger charge is 2.29. The number of nitrogens with one attached hydrogen (secondary N) is 1. The molecule has 1 unspecified atom stereocenters. The number of aromatic nitrogens is 3. The smallest absolute Gasteiger partial charge is 0.272 e. The maximum Gasteiger partial charge on any atom is 0.272 e. The van der Waals surface area contributed by atoms with E-state index < -0.39 is 0 Å². The van der Waals surface area contributed by atoms with Crippen molar-refractivity contribution < 1.29 is 13.9 Å². The minimum Gasteiger partial charge on any atom is -0.487 e. The van der Waals surface area contributed by atoms with Crippen LogP contribution in [0, 0.1) is 5.82 Å². The minimum atomic E-state index is -0.317. The van der Waals surface area contributed by atoms with E-state index in [9.17, 15) is 9.18 Å². The van der Waals surface area contributed by atoms with Crippen LogP contribution in [-0.2, 0) is 0 Å². The highest BCUT2D eigenvalue weighted by atomic mass is 35.5. The largest absolute Gasteiger partial charge is 0.487 e. The SMILES string of the molecule is O=C(c1cc(-c2ccc(F)cc2)n[nH]1)N1CCC(Oc2ccncc2Cl)C1. The molecule has 4 rings (SSSR count). The van der Waals surface area contributed by atoms with Gasteiger partial charge in [0.1, 0.15) is 28.4 Å². The standard InChI is InChI=1S/C19H16ClFN4O2/c20-15-10-22-7-5-18(15)27-14-6-8-25(11-14)19(26)17-9-16(23-24-17)12-1-3-13(21)4-2-12/h1-5,7,9-10,14H,6,8,11H2,(H,23,24). The number of rotatable bonds is 4. The Balaban J connectivity index is 1.42. The van der Waals surface area contributed by atoms with Crippen molar-refractivity contribution in [1.82, 2.24) is 20.1 Å². The molecule has 1 N–H and O–H groups in total. The first-order valence-electron chi connectivity index (χ1n) is 8.47. The van der Waals surface area contributed by atoms with Crippen molar-refractivity contribution in [3.63, 3.8) is 0 Å². The fourth-order valence-electron chi connectivity index (χ4n) is 3.02. The van der Waals surface area contributed by atoms with Crippen molar-refractivity contribution in [3.8, 4) is 17.0 Å². The van der Waals surface area contributed by atoms with Crippen LogP contribution in [0.25, 0.3) is 11.3 Å². The number of hydrogen-bond donors (Lipinski definition) is 1. The molecule has 1 aromatic carbocycles. The number of benzene rings is 1. The number of nitrogens with zero attached hydrogens (tertiary/aromatic N) is 3. The highest BCUT2D eigenvalue weighted by molar-refractivity contribution is 6.31. The molecule has 0 spiro atoms. The van der Waals surface area contributed by atoms with Gasteiger partial charge in [0.25, 0.3) is 5.91 Å². The molecule has 3 aromatic rings. The Bertz CT molecular complexity index is 960. The highest BCUT2D eigenvalue weighted by Crippen LogP contribution is 2.26. The van der Waals surface area contributed by atoms with Gasteiger partial charge in [0.05, 0.1) is 12.2 Å². The van der Waals surface area contributed by atoms with E-state index in [-0.39, 0.29) is 17.8 Å². The van der Waals surface area contributed by atoms with Crippen LogP contribution in [0.1, 0.15) is 16.9 Å². The fraction of sp³-hybridized carbons (Fsp3) is 0.211. The summed E-state index contributed by atoms with van der Waals surface area (Å²) in [5.74, 6) is 0.0943. The molecular formula is C19H16ClFN4O2. The van der Waals surface area contributed by atoms with Gasteiger partial charge in [-0.15, -0.1) is 0 Å². The Morgan fingerprint density at radius 3 is 2.89 bits per heavy atom. The Hall–Kier alpha value is -2.93. The molecule has 27 heavy (non-hydrogen) atoms. The number of pyridine rings is 1. The average molecular weight is 387 g/mol. The van der Waals surface area contributed by atoms with Gasteiger partial charge in [0, 0.05) is 37.0 Å². The molecule has 3 heterocycles. The molecule has 0 bridgehead atoms. The Labute approximate surface area is 159 Å². The van der Waals surface area contributed by atoms with Crippen molar-refractivity contribution in [1.29, 1.82) is 0 Å². The summed E-state index contributed by atoms with van der Waals surface area (Å²) >= 11 is 6.06. The molecule has 2 aromatic heterocycles. The second-order valence-corrected chi connectivity index (χ2v) is 6.67. The van der Waals surface area contributed by atoms with E-state index in [4.69, 9.17) is 16.3 Å². The van der Waals surface area contributed by atoms with E-state index in [2.05, 4.69) is 15.2 Å². The quantitative estimate of drug-likeness (QED) is 0.744. The molecule has 0 radical (unpaired) electrons. The maximum atomic E-state index is 13.0. The molecule has 6 nitrogen and oxygen atoms in total. The van der Waals surface area contributed by atoms with Gasteiger partial charge in [-0.1, -0.05) is 11.6 Å². The van der Waals surface area contributed by atoms with Crippen LogP contribution in [0.3, 0.4) is 0 Å². The number of carbonyl (C=O) groups is 1. The summed E-state index contributed by atoms with van der Waals surface area (Å²) in [5, 5.41) is 7.36. The molecule has 1 fully saturated rings. The molecule has 1 saturated heterocycles. The lowest BCUT2D eigenvalue weighted by molar-refractivity contribution is 0.0766. The normalized spacial score (nSPS) is 16.5. The number of likely N-dealkylation sites (tertiary alicyclic amines) is 1. The third-order valence-corrected chi connectivity index (χ3v) is 4.69. The molecule has 1 amide bonds. The van der Waals surface area contributed by atoms with Crippen molar-refractivity contribution in [3.05, 3.63) is 65.3 Å². The van der Waals surface area contributed by atoms with Gasteiger partial charge in [0.15, 0.2) is 0 Å². The summed E-state index contributed by atoms with van der Waals surface area (Å²) in [5.41, 5.74) is 1.72. The summed E-state index contributed by atoms with van der Waals surface area (Å²) in [6, 6.07) is 9.34. The molecule has 138 valence electrons. The summed E-state index contributed by atoms with van der Waals surface area (Å²) < 4.78 is 18.9. The van der Waals surface area contributed by atoms with Crippen LogP contribution in [0.15, 0.2) is 48.8 Å². The van der Waals surface area contributed by atoms with Gasteiger partial charge in [-0.25, -0.2) is 4.39 Å². The first kappa shape index (κ1) is 17.5. The lowest BCUT2D eigenvalue weighted by Gasteiger charge is -2.16. The predicted octanol–water partition coefficient (Wildman–Crippen LogP) is 3.56. The number of ether oxygens (including phenoxy) is 1. The van der Waals surface area contributed by atoms with Crippen LogP contribution in [0.4, 0.5) is 4.39 Å². The zero-order chi connectivity index (χ0) is 18.8. The number of aromatic amines is 1. The van der Waals surface area contributed by atoms with Gasteiger partial charge in [-0.3, -0.25) is 14.9 Å². The van der Waals surface area contributed by atoms with E-state index in [0.29, 0.717) is 41.7 Å². The predicted molar refractivity (Wildman–Crippen MR) is 98.2 cm³/mol. The molecule has 1 aliphatic heterocycles. The van der Waals surface area contributed by atoms with Crippen molar-refractivity contribution in [2.24, 2.45) is 0 Å². The van der Waals surface area contributed by atoms with E-state index >= 15 is 0 Å². The maximum absolute atomic E-state index is 13.0. The van der Waals surface area contributed by atoms with Crippen molar-refractivity contribution in [2.75, 3.05) is 13.1 Å². The molecule has 8 heteroatoms. The number of H-pyrrole nitrogens is 1. The second kappa shape index (κ2) is 7.36. The Kier molecular flexibility index (Phi) is 4.77. The van der Waals surface area contributed by atoms with Gasteiger partial charge >= 0.3 is 0 Å². The van der Waals surface area contributed by atoms with Crippen molar-refractivity contribution in [2.45, 2.75) is 12.5 Å². The lowest BCUT2D eigenvalue weighted by Crippen LogP contribution is -2.31. The monoisotopic (exact) mass is 386 g/mol. The van der Waals surface area contributed by atoms with E-state index in [0.717, 1.165) is 5.56 Å². The average Bonchev–Trinajstić information content (AvgIpc) is 3.34. The van der Waals surface area contributed by atoms with Crippen LogP contribution in [0.5, 0.6) is 5.75 Å². The summed E-state index contributed by atoms with van der Waals surface area (Å²) in [6.07, 6.45) is 3.72. The van der Waals surface area contributed by atoms with Gasteiger partial charge in [-0.2, -0.15) is 5.10 Å². The fourth-order valence-corrected chi connectivity index (χ4v) is 3.18. The zero-order valence-corrected chi connectivity index (χ0v) is 15.0. The lowest BCUT2D eigenvalue weighted by atomic mass is 10.1. The van der Waals surface area contributed by atoms with Gasteiger partial charge in [-0.05, 0) is 30.3 Å². The third-order valence-electron chi connectivity index (χ3n) is 4.41.